The first-order chi connectivity index (χ1) is 17.1. The maximum absolute atomic E-state index is 14.6. The minimum atomic E-state index is -2.98. The Labute approximate surface area is 210 Å². The Bertz CT molecular complexity index is 1170. The number of hydrogen-bond donors (Lipinski definition) is 1. The van der Waals surface area contributed by atoms with Crippen LogP contribution >= 0.6 is 0 Å². The van der Waals surface area contributed by atoms with Crippen molar-refractivity contribution < 1.29 is 23.2 Å². The van der Waals surface area contributed by atoms with E-state index in [4.69, 9.17) is 0 Å². The molecule has 4 rings (SSSR count). The SMILES string of the molecule is Cc1cc(C(=O)N2CCCC(F)(F)c3ccccc32)ccc1CNC(=O)N1CCC[C@H]1C(=O)N(C)C. The van der Waals surface area contributed by atoms with Gasteiger partial charge in [-0.25, -0.2) is 13.6 Å². The number of hydrogen-bond acceptors (Lipinski definition) is 3. The smallest absolute Gasteiger partial charge is 0.318 e. The van der Waals surface area contributed by atoms with Crippen molar-refractivity contribution in [2.45, 2.75) is 51.1 Å². The highest BCUT2D eigenvalue weighted by Crippen LogP contribution is 2.41. The largest absolute Gasteiger partial charge is 0.347 e. The monoisotopic (exact) mass is 498 g/mol. The number of urea groups is 1. The van der Waals surface area contributed by atoms with Crippen LogP contribution in [0.25, 0.3) is 0 Å². The molecule has 4 amide bonds. The molecule has 2 aromatic rings. The van der Waals surface area contributed by atoms with Crippen LogP contribution in [0.2, 0.25) is 0 Å². The summed E-state index contributed by atoms with van der Waals surface area (Å²) in [4.78, 5) is 43.0. The maximum atomic E-state index is 14.6. The Morgan fingerprint density at radius 1 is 1.08 bits per heavy atom. The van der Waals surface area contributed by atoms with Crippen molar-refractivity contribution in [3.05, 3.63) is 64.7 Å². The number of anilines is 1. The molecule has 0 saturated carbocycles. The van der Waals surface area contributed by atoms with E-state index in [1.165, 1.54) is 15.9 Å². The van der Waals surface area contributed by atoms with Gasteiger partial charge in [0.2, 0.25) is 5.91 Å². The van der Waals surface area contributed by atoms with Crippen molar-refractivity contribution in [3.63, 3.8) is 0 Å². The zero-order valence-corrected chi connectivity index (χ0v) is 20.9. The summed E-state index contributed by atoms with van der Waals surface area (Å²) >= 11 is 0. The third kappa shape index (κ3) is 5.05. The van der Waals surface area contributed by atoms with Crippen LogP contribution in [0.4, 0.5) is 19.3 Å². The Balaban J connectivity index is 1.46. The lowest BCUT2D eigenvalue weighted by molar-refractivity contribution is -0.132. The number of nitrogens with zero attached hydrogens (tertiary/aromatic N) is 3. The summed E-state index contributed by atoms with van der Waals surface area (Å²) in [6.07, 6.45) is 1.32. The van der Waals surface area contributed by atoms with Gasteiger partial charge in [0.1, 0.15) is 6.04 Å². The number of nitrogens with one attached hydrogen (secondary N) is 1. The molecule has 7 nitrogen and oxygen atoms in total. The van der Waals surface area contributed by atoms with E-state index in [0.29, 0.717) is 18.5 Å². The Hall–Kier alpha value is -3.49. The molecule has 0 radical (unpaired) electrons. The van der Waals surface area contributed by atoms with Crippen LogP contribution in [0, 0.1) is 6.92 Å². The molecule has 0 unspecified atom stereocenters. The Morgan fingerprint density at radius 3 is 2.56 bits per heavy atom. The highest BCUT2D eigenvalue weighted by atomic mass is 19.3. The number of para-hydroxylation sites is 1. The second-order valence-electron chi connectivity index (χ2n) is 9.67. The Morgan fingerprint density at radius 2 is 1.83 bits per heavy atom. The number of carbonyl (C=O) groups excluding carboxylic acids is 3. The minimum Gasteiger partial charge on any atom is -0.347 e. The van der Waals surface area contributed by atoms with Crippen LogP contribution < -0.4 is 10.2 Å². The van der Waals surface area contributed by atoms with Crippen LogP contribution in [0.1, 0.15) is 52.7 Å². The molecule has 36 heavy (non-hydrogen) atoms. The van der Waals surface area contributed by atoms with Gasteiger partial charge in [0.05, 0.1) is 5.69 Å². The molecule has 0 bridgehead atoms. The summed E-state index contributed by atoms with van der Waals surface area (Å²) in [6.45, 7) is 2.83. The number of benzene rings is 2. The molecule has 0 spiro atoms. The topological polar surface area (TPSA) is 73.0 Å². The van der Waals surface area contributed by atoms with Crippen molar-refractivity contribution in [1.29, 1.82) is 0 Å². The zero-order chi connectivity index (χ0) is 26.0. The minimum absolute atomic E-state index is 0.0884. The van der Waals surface area contributed by atoms with Gasteiger partial charge in [-0.1, -0.05) is 24.3 Å². The molecule has 1 N–H and O–H groups in total. The zero-order valence-electron chi connectivity index (χ0n) is 20.9. The van der Waals surface area contributed by atoms with Gasteiger partial charge in [-0.05, 0) is 55.5 Å². The molecule has 1 atom stereocenters. The first-order valence-corrected chi connectivity index (χ1v) is 12.2. The third-order valence-electron chi connectivity index (χ3n) is 6.97. The van der Waals surface area contributed by atoms with Gasteiger partial charge in [0.25, 0.3) is 11.8 Å². The van der Waals surface area contributed by atoms with Crippen molar-refractivity contribution in [2.24, 2.45) is 0 Å². The maximum Gasteiger partial charge on any atom is 0.318 e. The van der Waals surface area contributed by atoms with E-state index in [0.717, 1.165) is 17.5 Å². The predicted octanol–water partition coefficient (Wildman–Crippen LogP) is 4.29. The summed E-state index contributed by atoms with van der Waals surface area (Å²) in [5.41, 5.74) is 2.15. The number of rotatable bonds is 4. The lowest BCUT2D eigenvalue weighted by atomic mass is 10.0. The van der Waals surface area contributed by atoms with Gasteiger partial charge < -0.3 is 20.0 Å². The molecule has 2 aliphatic rings. The van der Waals surface area contributed by atoms with Crippen LogP contribution in [-0.4, -0.2) is 60.9 Å². The van der Waals surface area contributed by atoms with E-state index in [9.17, 15) is 23.2 Å². The highest BCUT2D eigenvalue weighted by molar-refractivity contribution is 6.06. The molecule has 2 heterocycles. The molecule has 2 aliphatic heterocycles. The molecular weight excluding hydrogens is 466 g/mol. The van der Waals surface area contributed by atoms with Crippen molar-refractivity contribution >= 4 is 23.5 Å². The van der Waals surface area contributed by atoms with Crippen LogP contribution in [0.15, 0.2) is 42.5 Å². The molecule has 0 aromatic heterocycles. The molecule has 1 fully saturated rings. The summed E-state index contributed by atoms with van der Waals surface area (Å²) in [6, 6.07) is 10.6. The van der Waals surface area contributed by atoms with Gasteiger partial charge in [-0.3, -0.25) is 9.59 Å². The summed E-state index contributed by atoms with van der Waals surface area (Å²) in [5.74, 6) is -3.40. The second kappa shape index (κ2) is 10.2. The first kappa shape index (κ1) is 25.6. The van der Waals surface area contributed by atoms with Crippen molar-refractivity contribution in [2.75, 3.05) is 32.1 Å². The van der Waals surface area contributed by atoms with E-state index < -0.39 is 12.0 Å². The quantitative estimate of drug-likeness (QED) is 0.684. The average molecular weight is 499 g/mol. The number of halogens is 2. The molecule has 9 heteroatoms. The fourth-order valence-corrected chi connectivity index (χ4v) is 4.96. The van der Waals surface area contributed by atoms with E-state index >= 15 is 0 Å². The number of alkyl halides is 2. The Kier molecular flexibility index (Phi) is 7.28. The van der Waals surface area contributed by atoms with Crippen LogP contribution in [0.5, 0.6) is 0 Å². The summed E-state index contributed by atoms with van der Waals surface area (Å²) in [7, 11) is 3.36. The van der Waals surface area contributed by atoms with E-state index in [1.54, 1.807) is 55.4 Å². The first-order valence-electron chi connectivity index (χ1n) is 12.2. The summed E-state index contributed by atoms with van der Waals surface area (Å²) < 4.78 is 29.2. The van der Waals surface area contributed by atoms with Gasteiger partial charge in [-0.15, -0.1) is 0 Å². The lowest BCUT2D eigenvalue weighted by Gasteiger charge is -2.26. The van der Waals surface area contributed by atoms with Crippen molar-refractivity contribution in [3.8, 4) is 0 Å². The third-order valence-corrected chi connectivity index (χ3v) is 6.97. The van der Waals surface area contributed by atoms with Gasteiger partial charge in [0.15, 0.2) is 0 Å². The number of carbonyl (C=O) groups is 3. The van der Waals surface area contributed by atoms with Crippen molar-refractivity contribution in [1.82, 2.24) is 15.1 Å². The molecule has 1 saturated heterocycles. The fourth-order valence-electron chi connectivity index (χ4n) is 4.96. The van der Waals surface area contributed by atoms with Gasteiger partial charge in [-0.2, -0.15) is 0 Å². The fraction of sp³-hybridized carbons (Fsp3) is 0.444. The molecule has 0 aliphatic carbocycles. The van der Waals surface area contributed by atoms with Gasteiger partial charge in [0, 0.05) is 51.3 Å². The van der Waals surface area contributed by atoms with E-state index in [-0.39, 0.29) is 55.0 Å². The molecule has 192 valence electrons. The van der Waals surface area contributed by atoms with Gasteiger partial charge >= 0.3 is 6.03 Å². The normalized spacial score (nSPS) is 18.9. The van der Waals surface area contributed by atoms with Crippen LogP contribution in [0.3, 0.4) is 0 Å². The standard InChI is InChI=1S/C27H32F2N4O3/c1-18-16-19(24(34)32-15-7-13-27(28,29)21-8-4-5-9-22(21)32)11-12-20(18)17-30-26(36)33-14-6-10-23(33)25(35)31(2)3/h4-5,8-9,11-12,16,23H,6-7,10,13-15,17H2,1-3H3,(H,30,36)/t23-/m0/s1. The number of amides is 4. The predicted molar refractivity (Wildman–Crippen MR) is 133 cm³/mol. The number of fused-ring (bicyclic) bond motifs is 1. The second-order valence-corrected chi connectivity index (χ2v) is 9.67. The van der Waals surface area contributed by atoms with Crippen LogP contribution in [-0.2, 0) is 17.3 Å². The van der Waals surface area contributed by atoms with E-state index in [1.807, 2.05) is 6.92 Å². The molecular formula is C27H32F2N4O3. The van der Waals surface area contributed by atoms with E-state index in [2.05, 4.69) is 5.32 Å². The number of aryl methyl sites for hydroxylation is 1. The molecule has 2 aromatic carbocycles. The highest BCUT2D eigenvalue weighted by Gasteiger charge is 2.39. The lowest BCUT2D eigenvalue weighted by Crippen LogP contribution is -2.49. The summed E-state index contributed by atoms with van der Waals surface area (Å²) in [5, 5.41) is 2.89. The number of likely N-dealkylation sites (N-methyl/N-ethyl adjacent to an activating group) is 1. The average Bonchev–Trinajstić information content (AvgIpc) is 3.30. The number of likely N-dealkylation sites (tertiary alicyclic amines) is 1.